The van der Waals surface area contributed by atoms with Gasteiger partial charge in [-0.25, -0.2) is 0 Å². The number of benzene rings is 1. The van der Waals surface area contributed by atoms with Gasteiger partial charge in [-0.05, 0) is 36.0 Å². The van der Waals surface area contributed by atoms with Crippen molar-refractivity contribution >= 4 is 5.95 Å². The summed E-state index contributed by atoms with van der Waals surface area (Å²) in [7, 11) is 0. The predicted molar refractivity (Wildman–Crippen MR) is 79.0 cm³/mol. The number of aromatic nitrogens is 2. The highest BCUT2D eigenvalue weighted by Crippen LogP contribution is 2.30. The van der Waals surface area contributed by atoms with Crippen molar-refractivity contribution < 1.29 is 4.52 Å². The second kappa shape index (κ2) is 5.65. The van der Waals surface area contributed by atoms with Crippen molar-refractivity contribution in [3.63, 3.8) is 0 Å². The standard InChI is InChI=1S/C16H21N3O/c1-3-15-17-16(18-20-15)19-10-6-8-13(11-19)14-9-5-4-7-12(14)2/h4-5,7,9,13H,3,6,8,10-11H2,1-2H3. The largest absolute Gasteiger partial charge is 0.338 e. The van der Waals surface area contributed by atoms with Crippen molar-refractivity contribution in [2.24, 2.45) is 0 Å². The third kappa shape index (κ3) is 2.55. The van der Waals surface area contributed by atoms with Gasteiger partial charge in [0.25, 0.3) is 5.95 Å². The maximum atomic E-state index is 5.23. The van der Waals surface area contributed by atoms with E-state index in [1.807, 2.05) is 6.92 Å². The lowest BCUT2D eigenvalue weighted by Gasteiger charge is -2.32. The van der Waals surface area contributed by atoms with Crippen molar-refractivity contribution in [1.29, 1.82) is 0 Å². The molecule has 2 aromatic rings. The molecule has 1 fully saturated rings. The first-order valence-corrected chi connectivity index (χ1v) is 7.41. The van der Waals surface area contributed by atoms with E-state index >= 15 is 0 Å². The minimum Gasteiger partial charge on any atom is -0.338 e. The van der Waals surface area contributed by atoms with Gasteiger partial charge in [0, 0.05) is 25.4 Å². The SMILES string of the molecule is CCc1nc(N2CCCC(c3ccccc3C)C2)no1. The van der Waals surface area contributed by atoms with Gasteiger partial charge in [-0.2, -0.15) is 4.98 Å². The molecular formula is C16H21N3O. The molecule has 0 aliphatic carbocycles. The highest BCUT2D eigenvalue weighted by molar-refractivity contribution is 5.35. The van der Waals surface area contributed by atoms with Crippen molar-refractivity contribution in [2.75, 3.05) is 18.0 Å². The fourth-order valence-electron chi connectivity index (χ4n) is 2.98. The van der Waals surface area contributed by atoms with Gasteiger partial charge in [0.1, 0.15) is 0 Å². The van der Waals surface area contributed by atoms with E-state index in [0.29, 0.717) is 5.92 Å². The van der Waals surface area contributed by atoms with Crippen LogP contribution < -0.4 is 4.90 Å². The summed E-state index contributed by atoms with van der Waals surface area (Å²) in [6, 6.07) is 8.67. The van der Waals surface area contributed by atoms with Gasteiger partial charge in [0.05, 0.1) is 0 Å². The fraction of sp³-hybridized carbons (Fsp3) is 0.500. The zero-order chi connectivity index (χ0) is 13.9. The summed E-state index contributed by atoms with van der Waals surface area (Å²) < 4.78 is 5.23. The smallest absolute Gasteiger partial charge is 0.266 e. The van der Waals surface area contributed by atoms with Crippen LogP contribution in [0.1, 0.15) is 42.7 Å². The van der Waals surface area contributed by atoms with E-state index in [2.05, 4.69) is 46.2 Å². The summed E-state index contributed by atoms with van der Waals surface area (Å²) >= 11 is 0. The molecule has 0 bridgehead atoms. The molecule has 0 spiro atoms. The molecule has 4 heteroatoms. The van der Waals surface area contributed by atoms with Gasteiger partial charge < -0.3 is 9.42 Å². The number of hydrogen-bond acceptors (Lipinski definition) is 4. The number of aryl methyl sites for hydroxylation is 2. The maximum Gasteiger partial charge on any atom is 0.266 e. The zero-order valence-corrected chi connectivity index (χ0v) is 12.2. The third-order valence-electron chi connectivity index (χ3n) is 4.09. The van der Waals surface area contributed by atoms with Crippen LogP contribution in [-0.2, 0) is 6.42 Å². The second-order valence-electron chi connectivity index (χ2n) is 5.48. The highest BCUT2D eigenvalue weighted by atomic mass is 16.5. The van der Waals surface area contributed by atoms with Gasteiger partial charge in [0.2, 0.25) is 5.89 Å². The predicted octanol–water partition coefficient (Wildman–Crippen LogP) is 3.32. The normalized spacial score (nSPS) is 19.3. The second-order valence-corrected chi connectivity index (χ2v) is 5.48. The van der Waals surface area contributed by atoms with Gasteiger partial charge in [-0.3, -0.25) is 0 Å². The van der Waals surface area contributed by atoms with Crippen LogP contribution in [0.25, 0.3) is 0 Å². The quantitative estimate of drug-likeness (QED) is 0.858. The minimum absolute atomic E-state index is 0.563. The van der Waals surface area contributed by atoms with Gasteiger partial charge in [0.15, 0.2) is 0 Å². The minimum atomic E-state index is 0.563. The highest BCUT2D eigenvalue weighted by Gasteiger charge is 2.25. The monoisotopic (exact) mass is 271 g/mol. The van der Waals surface area contributed by atoms with E-state index in [9.17, 15) is 0 Å². The summed E-state index contributed by atoms with van der Waals surface area (Å²) in [6.45, 7) is 6.22. The maximum absolute atomic E-state index is 5.23. The molecule has 0 radical (unpaired) electrons. The molecule has 1 aromatic heterocycles. The Morgan fingerprint density at radius 3 is 2.95 bits per heavy atom. The van der Waals surface area contributed by atoms with Crippen LogP contribution in [0.3, 0.4) is 0 Å². The van der Waals surface area contributed by atoms with E-state index in [-0.39, 0.29) is 0 Å². The molecule has 106 valence electrons. The molecular weight excluding hydrogens is 250 g/mol. The molecule has 4 nitrogen and oxygen atoms in total. The van der Waals surface area contributed by atoms with Crippen LogP contribution >= 0.6 is 0 Å². The Kier molecular flexibility index (Phi) is 3.72. The van der Waals surface area contributed by atoms with Gasteiger partial charge in [-0.1, -0.05) is 31.2 Å². The third-order valence-corrected chi connectivity index (χ3v) is 4.09. The molecule has 1 aliphatic heterocycles. The van der Waals surface area contributed by atoms with Gasteiger partial charge >= 0.3 is 0 Å². The topological polar surface area (TPSA) is 42.2 Å². The summed E-state index contributed by atoms with van der Waals surface area (Å²) in [4.78, 5) is 6.70. The first-order chi connectivity index (χ1) is 9.78. The first kappa shape index (κ1) is 13.2. The van der Waals surface area contributed by atoms with Crippen LogP contribution in [0.15, 0.2) is 28.8 Å². The molecule has 1 saturated heterocycles. The Balaban J connectivity index is 1.78. The molecule has 1 unspecified atom stereocenters. The molecule has 3 rings (SSSR count). The van der Waals surface area contributed by atoms with Crippen LogP contribution in [0.4, 0.5) is 5.95 Å². The van der Waals surface area contributed by atoms with Crippen LogP contribution in [0.5, 0.6) is 0 Å². The molecule has 0 N–H and O–H groups in total. The van der Waals surface area contributed by atoms with Crippen molar-refractivity contribution in [3.05, 3.63) is 41.3 Å². The molecule has 1 aliphatic rings. The lowest BCUT2D eigenvalue weighted by atomic mass is 9.88. The number of nitrogens with zero attached hydrogens (tertiary/aromatic N) is 3. The van der Waals surface area contributed by atoms with Crippen molar-refractivity contribution in [1.82, 2.24) is 10.1 Å². The molecule has 0 saturated carbocycles. The average molecular weight is 271 g/mol. The molecule has 1 atom stereocenters. The molecule has 0 amide bonds. The Labute approximate surface area is 119 Å². The summed E-state index contributed by atoms with van der Waals surface area (Å²) in [5.74, 6) is 2.03. The van der Waals surface area contributed by atoms with Crippen LogP contribution in [0.2, 0.25) is 0 Å². The summed E-state index contributed by atoms with van der Waals surface area (Å²) in [6.07, 6.45) is 3.21. The lowest BCUT2D eigenvalue weighted by Crippen LogP contribution is -2.35. The fourth-order valence-corrected chi connectivity index (χ4v) is 2.98. The Hall–Kier alpha value is -1.84. The first-order valence-electron chi connectivity index (χ1n) is 7.41. The summed E-state index contributed by atoms with van der Waals surface area (Å²) in [5.41, 5.74) is 2.83. The van der Waals surface area contributed by atoms with Crippen molar-refractivity contribution in [3.8, 4) is 0 Å². The van der Waals surface area contributed by atoms with E-state index < -0.39 is 0 Å². The van der Waals surface area contributed by atoms with Crippen LogP contribution in [-0.4, -0.2) is 23.2 Å². The molecule has 2 heterocycles. The Morgan fingerprint density at radius 1 is 1.35 bits per heavy atom. The lowest BCUT2D eigenvalue weighted by molar-refractivity contribution is 0.379. The summed E-state index contributed by atoms with van der Waals surface area (Å²) in [5, 5.41) is 4.10. The number of anilines is 1. The molecule has 20 heavy (non-hydrogen) atoms. The Morgan fingerprint density at radius 2 is 2.20 bits per heavy atom. The number of hydrogen-bond donors (Lipinski definition) is 0. The van der Waals surface area contributed by atoms with E-state index in [1.165, 1.54) is 24.0 Å². The zero-order valence-electron chi connectivity index (χ0n) is 12.2. The number of rotatable bonds is 3. The number of piperidine rings is 1. The van der Waals surface area contributed by atoms with Gasteiger partial charge in [-0.15, -0.1) is 0 Å². The van der Waals surface area contributed by atoms with Crippen LogP contribution in [0, 0.1) is 6.92 Å². The Bertz CT molecular complexity index is 579. The van der Waals surface area contributed by atoms with E-state index in [0.717, 1.165) is 31.3 Å². The molecule has 1 aromatic carbocycles. The van der Waals surface area contributed by atoms with Crippen molar-refractivity contribution in [2.45, 2.75) is 39.0 Å². The van der Waals surface area contributed by atoms with E-state index in [4.69, 9.17) is 4.52 Å². The average Bonchev–Trinajstić information content (AvgIpc) is 2.97. The van der Waals surface area contributed by atoms with E-state index in [1.54, 1.807) is 0 Å².